The van der Waals surface area contributed by atoms with Gasteiger partial charge in [0.15, 0.2) is 11.2 Å². The highest BCUT2D eigenvalue weighted by Crippen LogP contribution is 2.14. The van der Waals surface area contributed by atoms with Crippen molar-refractivity contribution in [1.29, 1.82) is 0 Å². The first-order valence-corrected chi connectivity index (χ1v) is 5.45. The van der Waals surface area contributed by atoms with Crippen LogP contribution in [0.5, 0.6) is 0 Å². The Balaban J connectivity index is 2.30. The number of benzene rings is 1. The maximum Gasteiger partial charge on any atom is 0.278 e. The fraction of sp³-hybridized carbons (Fsp3) is 0.0833. The number of aromatic nitrogens is 4. The van der Waals surface area contributed by atoms with Gasteiger partial charge in [0.2, 0.25) is 5.95 Å². The van der Waals surface area contributed by atoms with Crippen LogP contribution in [0.3, 0.4) is 0 Å². The molecule has 0 aliphatic rings. The Hall–Kier alpha value is -2.63. The molecule has 0 radical (unpaired) electrons. The summed E-state index contributed by atoms with van der Waals surface area (Å²) < 4.78 is 1.69. The molecule has 3 N–H and O–H groups in total. The molecule has 0 amide bonds. The first kappa shape index (κ1) is 10.5. The second-order valence-electron chi connectivity index (χ2n) is 4.07. The number of imidazole rings is 1. The third-order valence-electron chi connectivity index (χ3n) is 2.74. The number of H-pyrrole nitrogens is 1. The monoisotopic (exact) mass is 241 g/mol. The van der Waals surface area contributed by atoms with Gasteiger partial charge < -0.3 is 5.73 Å². The summed E-state index contributed by atoms with van der Waals surface area (Å²) in [6, 6.07) is 7.79. The first-order valence-electron chi connectivity index (χ1n) is 5.45. The summed E-state index contributed by atoms with van der Waals surface area (Å²) >= 11 is 0. The van der Waals surface area contributed by atoms with Gasteiger partial charge in [0.25, 0.3) is 5.56 Å². The fourth-order valence-corrected chi connectivity index (χ4v) is 1.85. The van der Waals surface area contributed by atoms with Crippen LogP contribution in [0.4, 0.5) is 5.95 Å². The summed E-state index contributed by atoms with van der Waals surface area (Å²) in [5.74, 6) is 0.0710. The molecule has 0 atom stereocenters. The SMILES string of the molecule is Cc1ccc(-n2cnc3nc(N)[nH]c(=O)c32)cc1. The Labute approximate surface area is 102 Å². The minimum atomic E-state index is -0.296. The lowest BCUT2D eigenvalue weighted by molar-refractivity contribution is 1.07. The smallest absolute Gasteiger partial charge is 0.278 e. The lowest BCUT2D eigenvalue weighted by atomic mass is 10.2. The zero-order valence-electron chi connectivity index (χ0n) is 9.71. The second-order valence-corrected chi connectivity index (χ2v) is 4.07. The molecule has 0 bridgehead atoms. The van der Waals surface area contributed by atoms with Crippen molar-refractivity contribution in [2.24, 2.45) is 0 Å². The number of aryl methyl sites for hydroxylation is 1. The van der Waals surface area contributed by atoms with Crippen LogP contribution in [-0.4, -0.2) is 19.5 Å². The van der Waals surface area contributed by atoms with Gasteiger partial charge in [-0.1, -0.05) is 17.7 Å². The number of nitrogens with two attached hydrogens (primary N) is 1. The number of anilines is 1. The van der Waals surface area contributed by atoms with E-state index in [9.17, 15) is 4.79 Å². The normalized spacial score (nSPS) is 10.9. The number of nitrogen functional groups attached to an aromatic ring is 1. The Bertz CT molecular complexity index is 769. The highest BCUT2D eigenvalue weighted by Gasteiger charge is 2.10. The first-order chi connectivity index (χ1) is 8.65. The molecule has 0 unspecified atom stereocenters. The molecule has 6 nitrogen and oxygen atoms in total. The van der Waals surface area contributed by atoms with Gasteiger partial charge >= 0.3 is 0 Å². The van der Waals surface area contributed by atoms with Crippen LogP contribution in [0.2, 0.25) is 0 Å². The predicted molar refractivity (Wildman–Crippen MR) is 68.6 cm³/mol. The molecule has 0 fully saturated rings. The summed E-state index contributed by atoms with van der Waals surface area (Å²) in [5.41, 5.74) is 7.93. The standard InChI is InChI=1S/C12H11N5O/c1-7-2-4-8(5-3-7)17-6-14-10-9(17)11(18)16-12(13)15-10/h2-6H,1H3,(H3,13,15,16,18). The third-order valence-corrected chi connectivity index (χ3v) is 2.74. The highest BCUT2D eigenvalue weighted by molar-refractivity contribution is 5.73. The largest absolute Gasteiger partial charge is 0.369 e. The molecule has 90 valence electrons. The van der Waals surface area contributed by atoms with Gasteiger partial charge in [0.05, 0.1) is 0 Å². The molecule has 6 heteroatoms. The van der Waals surface area contributed by atoms with E-state index in [1.54, 1.807) is 10.9 Å². The van der Waals surface area contributed by atoms with Crippen molar-refractivity contribution < 1.29 is 0 Å². The van der Waals surface area contributed by atoms with E-state index in [1.165, 1.54) is 0 Å². The van der Waals surface area contributed by atoms with E-state index in [4.69, 9.17) is 5.73 Å². The van der Waals surface area contributed by atoms with Crippen molar-refractivity contribution in [1.82, 2.24) is 19.5 Å². The Morgan fingerprint density at radius 1 is 1.28 bits per heavy atom. The van der Waals surface area contributed by atoms with E-state index in [0.29, 0.717) is 11.2 Å². The maximum atomic E-state index is 11.9. The van der Waals surface area contributed by atoms with Gasteiger partial charge in [-0.2, -0.15) is 4.98 Å². The van der Waals surface area contributed by atoms with Crippen molar-refractivity contribution in [3.63, 3.8) is 0 Å². The fourth-order valence-electron chi connectivity index (χ4n) is 1.85. The van der Waals surface area contributed by atoms with Crippen LogP contribution >= 0.6 is 0 Å². The maximum absolute atomic E-state index is 11.9. The van der Waals surface area contributed by atoms with Gasteiger partial charge in [-0.3, -0.25) is 14.3 Å². The summed E-state index contributed by atoms with van der Waals surface area (Å²) in [4.78, 5) is 22.4. The molecule has 0 saturated carbocycles. The minimum absolute atomic E-state index is 0.0710. The molecule has 1 aromatic carbocycles. The predicted octanol–water partition coefficient (Wildman–Crippen LogP) is 0.999. The van der Waals surface area contributed by atoms with Gasteiger partial charge in [-0.15, -0.1) is 0 Å². The Morgan fingerprint density at radius 3 is 2.72 bits per heavy atom. The quantitative estimate of drug-likeness (QED) is 0.665. The Kier molecular flexibility index (Phi) is 2.16. The van der Waals surface area contributed by atoms with Crippen molar-refractivity contribution in [2.75, 3.05) is 5.73 Å². The molecule has 2 aromatic heterocycles. The van der Waals surface area contributed by atoms with Crippen LogP contribution in [-0.2, 0) is 0 Å². The molecule has 0 saturated heterocycles. The van der Waals surface area contributed by atoms with Crippen molar-refractivity contribution in [3.05, 3.63) is 46.5 Å². The lowest BCUT2D eigenvalue weighted by Gasteiger charge is -2.03. The summed E-state index contributed by atoms with van der Waals surface area (Å²) in [6.45, 7) is 2.00. The van der Waals surface area contributed by atoms with Gasteiger partial charge in [0.1, 0.15) is 6.33 Å². The number of nitrogens with zero attached hydrogens (tertiary/aromatic N) is 3. The molecule has 0 aliphatic carbocycles. The topological polar surface area (TPSA) is 89.6 Å². The van der Waals surface area contributed by atoms with E-state index in [1.807, 2.05) is 31.2 Å². The molecular weight excluding hydrogens is 230 g/mol. The number of aromatic amines is 1. The molecule has 0 spiro atoms. The van der Waals surface area contributed by atoms with E-state index in [2.05, 4.69) is 15.0 Å². The zero-order valence-corrected chi connectivity index (χ0v) is 9.71. The molecule has 3 aromatic rings. The molecule has 2 heterocycles. The number of hydrogen-bond donors (Lipinski definition) is 2. The third kappa shape index (κ3) is 1.55. The van der Waals surface area contributed by atoms with Crippen molar-refractivity contribution in [3.8, 4) is 5.69 Å². The second kappa shape index (κ2) is 3.69. The van der Waals surface area contributed by atoms with Gasteiger partial charge in [0, 0.05) is 5.69 Å². The highest BCUT2D eigenvalue weighted by atomic mass is 16.1. The summed E-state index contributed by atoms with van der Waals surface area (Å²) in [5, 5.41) is 0. The van der Waals surface area contributed by atoms with Crippen LogP contribution in [0.15, 0.2) is 35.4 Å². The van der Waals surface area contributed by atoms with Gasteiger partial charge in [-0.25, -0.2) is 4.98 Å². The van der Waals surface area contributed by atoms with Crippen molar-refractivity contribution in [2.45, 2.75) is 6.92 Å². The Morgan fingerprint density at radius 2 is 2.00 bits per heavy atom. The number of hydrogen-bond acceptors (Lipinski definition) is 4. The molecular formula is C12H11N5O. The molecule has 18 heavy (non-hydrogen) atoms. The summed E-state index contributed by atoms with van der Waals surface area (Å²) in [7, 11) is 0. The zero-order chi connectivity index (χ0) is 12.7. The van der Waals surface area contributed by atoms with Crippen molar-refractivity contribution >= 4 is 17.1 Å². The number of nitrogens with one attached hydrogen (secondary N) is 1. The van der Waals surface area contributed by atoms with Crippen LogP contribution in [0, 0.1) is 6.92 Å². The van der Waals surface area contributed by atoms with Crippen LogP contribution < -0.4 is 11.3 Å². The van der Waals surface area contributed by atoms with Crippen LogP contribution in [0.25, 0.3) is 16.9 Å². The molecule has 0 aliphatic heterocycles. The van der Waals surface area contributed by atoms with E-state index < -0.39 is 0 Å². The van der Waals surface area contributed by atoms with E-state index >= 15 is 0 Å². The minimum Gasteiger partial charge on any atom is -0.369 e. The molecule has 3 rings (SSSR count). The number of rotatable bonds is 1. The van der Waals surface area contributed by atoms with Crippen LogP contribution in [0.1, 0.15) is 5.56 Å². The van der Waals surface area contributed by atoms with Gasteiger partial charge in [-0.05, 0) is 19.1 Å². The lowest BCUT2D eigenvalue weighted by Crippen LogP contribution is -2.13. The average molecular weight is 241 g/mol. The number of fused-ring (bicyclic) bond motifs is 1. The summed E-state index contributed by atoms with van der Waals surface area (Å²) in [6.07, 6.45) is 1.57. The average Bonchev–Trinajstić information content (AvgIpc) is 2.74. The van der Waals surface area contributed by atoms with E-state index in [0.717, 1.165) is 11.3 Å². The van der Waals surface area contributed by atoms with E-state index in [-0.39, 0.29) is 11.5 Å².